The van der Waals surface area contributed by atoms with Crippen molar-refractivity contribution in [2.45, 2.75) is 12.8 Å². The Labute approximate surface area is 109 Å². The fourth-order valence-corrected chi connectivity index (χ4v) is 2.36. The third-order valence-corrected chi connectivity index (χ3v) is 3.43. The second-order valence-corrected chi connectivity index (χ2v) is 4.63. The third kappa shape index (κ3) is 2.83. The summed E-state index contributed by atoms with van der Waals surface area (Å²) in [6.45, 7) is 1.08. The first-order valence-corrected chi connectivity index (χ1v) is 6.06. The lowest BCUT2D eigenvalue weighted by atomic mass is 9.95. The van der Waals surface area contributed by atoms with Gasteiger partial charge in [-0.25, -0.2) is 9.18 Å². The molecule has 3 N–H and O–H groups in total. The number of carbonyl (C=O) groups excluding carboxylic acids is 1. The number of benzene rings is 1. The Hall–Kier alpha value is -2.11. The summed E-state index contributed by atoms with van der Waals surface area (Å²) in [5.41, 5.74) is 5.67. The van der Waals surface area contributed by atoms with Crippen molar-refractivity contribution in [1.29, 1.82) is 0 Å². The van der Waals surface area contributed by atoms with Gasteiger partial charge in [-0.3, -0.25) is 4.79 Å². The number of hydrogen-bond acceptors (Lipinski definition) is 3. The molecule has 0 aromatic heterocycles. The number of hydrogen-bond donors (Lipinski definition) is 2. The predicted octanol–water partition coefficient (Wildman–Crippen LogP) is 1.23. The molecule has 1 aromatic rings. The average molecular weight is 266 g/mol. The molecule has 0 aliphatic carbocycles. The van der Waals surface area contributed by atoms with E-state index in [-0.39, 0.29) is 17.4 Å². The van der Waals surface area contributed by atoms with Crippen molar-refractivity contribution >= 4 is 17.6 Å². The molecule has 1 fully saturated rings. The second kappa shape index (κ2) is 5.26. The summed E-state index contributed by atoms with van der Waals surface area (Å²) >= 11 is 0. The highest BCUT2D eigenvalue weighted by Gasteiger charge is 2.25. The molecule has 0 saturated carbocycles. The number of halogens is 1. The normalized spacial score (nSPS) is 16.4. The van der Waals surface area contributed by atoms with Gasteiger partial charge in [0, 0.05) is 19.0 Å². The zero-order valence-electron chi connectivity index (χ0n) is 10.3. The molecule has 1 aromatic carbocycles. The summed E-state index contributed by atoms with van der Waals surface area (Å²) in [5.74, 6) is -2.22. The topological polar surface area (TPSA) is 83.6 Å². The molecule has 102 valence electrons. The van der Waals surface area contributed by atoms with E-state index >= 15 is 0 Å². The lowest BCUT2D eigenvalue weighted by Crippen LogP contribution is -2.39. The minimum Gasteiger partial charge on any atom is -0.478 e. The Balaban J connectivity index is 2.20. The molecule has 1 aliphatic heterocycles. The van der Waals surface area contributed by atoms with Gasteiger partial charge in [0.2, 0.25) is 5.91 Å². The summed E-state index contributed by atoms with van der Waals surface area (Å²) in [4.78, 5) is 24.0. The van der Waals surface area contributed by atoms with Crippen LogP contribution in [0.1, 0.15) is 23.2 Å². The maximum atomic E-state index is 13.1. The first kappa shape index (κ1) is 13.3. The number of aromatic carboxylic acids is 1. The zero-order chi connectivity index (χ0) is 14.0. The summed E-state index contributed by atoms with van der Waals surface area (Å²) in [6, 6.07) is 3.71. The van der Waals surface area contributed by atoms with Crippen molar-refractivity contribution in [3.05, 3.63) is 29.6 Å². The maximum absolute atomic E-state index is 13.1. The Bertz CT molecular complexity index is 511. The Kier molecular flexibility index (Phi) is 3.69. The maximum Gasteiger partial charge on any atom is 0.337 e. The molecule has 0 radical (unpaired) electrons. The van der Waals surface area contributed by atoms with Gasteiger partial charge in [-0.15, -0.1) is 0 Å². The number of rotatable bonds is 3. The van der Waals surface area contributed by atoms with Gasteiger partial charge in [0.1, 0.15) is 5.82 Å². The SMILES string of the molecule is NC(=O)C1CCN(c2ccc(F)cc2C(=O)O)CC1. The highest BCUT2D eigenvalue weighted by molar-refractivity contribution is 5.94. The Morgan fingerprint density at radius 1 is 1.32 bits per heavy atom. The largest absolute Gasteiger partial charge is 0.478 e. The van der Waals surface area contributed by atoms with E-state index in [1.54, 1.807) is 0 Å². The van der Waals surface area contributed by atoms with Crippen LogP contribution in [0.5, 0.6) is 0 Å². The van der Waals surface area contributed by atoms with E-state index in [4.69, 9.17) is 10.8 Å². The van der Waals surface area contributed by atoms with Gasteiger partial charge in [0.25, 0.3) is 0 Å². The average Bonchev–Trinajstić information content (AvgIpc) is 2.38. The fourth-order valence-electron chi connectivity index (χ4n) is 2.36. The van der Waals surface area contributed by atoms with Crippen molar-refractivity contribution < 1.29 is 19.1 Å². The number of piperidine rings is 1. The predicted molar refractivity (Wildman–Crippen MR) is 67.5 cm³/mol. The van der Waals surface area contributed by atoms with Gasteiger partial charge >= 0.3 is 5.97 Å². The molecule has 1 saturated heterocycles. The van der Waals surface area contributed by atoms with Gasteiger partial charge in [-0.2, -0.15) is 0 Å². The molecule has 5 nitrogen and oxygen atoms in total. The molecule has 2 rings (SSSR count). The molecule has 0 unspecified atom stereocenters. The van der Waals surface area contributed by atoms with Crippen LogP contribution in [0.2, 0.25) is 0 Å². The molecule has 0 atom stereocenters. The van der Waals surface area contributed by atoms with Crippen molar-refractivity contribution in [2.24, 2.45) is 11.7 Å². The lowest BCUT2D eigenvalue weighted by Gasteiger charge is -2.33. The van der Waals surface area contributed by atoms with Crippen molar-refractivity contribution in [2.75, 3.05) is 18.0 Å². The number of amides is 1. The third-order valence-electron chi connectivity index (χ3n) is 3.43. The van der Waals surface area contributed by atoms with Crippen LogP contribution in [0.3, 0.4) is 0 Å². The number of primary amides is 1. The summed E-state index contributed by atoms with van der Waals surface area (Å²) < 4.78 is 13.1. The molecule has 1 amide bonds. The van der Waals surface area contributed by atoms with E-state index in [0.29, 0.717) is 31.6 Å². The van der Waals surface area contributed by atoms with Crippen molar-refractivity contribution in [3.63, 3.8) is 0 Å². The van der Waals surface area contributed by atoms with Crippen LogP contribution in [0.4, 0.5) is 10.1 Å². The monoisotopic (exact) mass is 266 g/mol. The van der Waals surface area contributed by atoms with Crippen LogP contribution >= 0.6 is 0 Å². The molecule has 0 bridgehead atoms. The smallest absolute Gasteiger partial charge is 0.337 e. The van der Waals surface area contributed by atoms with Crippen LogP contribution in [-0.2, 0) is 4.79 Å². The minimum absolute atomic E-state index is 0.0578. The number of carboxylic acid groups (broad SMARTS) is 1. The van der Waals surface area contributed by atoms with E-state index in [2.05, 4.69) is 0 Å². The van der Waals surface area contributed by atoms with Crippen LogP contribution in [0.25, 0.3) is 0 Å². The molecular formula is C13H15FN2O3. The van der Waals surface area contributed by atoms with Crippen LogP contribution < -0.4 is 10.6 Å². The number of anilines is 1. The van der Waals surface area contributed by atoms with E-state index in [1.165, 1.54) is 12.1 Å². The van der Waals surface area contributed by atoms with Crippen LogP contribution in [0.15, 0.2) is 18.2 Å². The summed E-state index contributed by atoms with van der Waals surface area (Å²) in [6.07, 6.45) is 1.18. The zero-order valence-corrected chi connectivity index (χ0v) is 10.3. The first-order chi connectivity index (χ1) is 8.99. The quantitative estimate of drug-likeness (QED) is 0.861. The number of carboxylic acids is 1. The molecular weight excluding hydrogens is 251 g/mol. The molecule has 1 aliphatic rings. The Morgan fingerprint density at radius 2 is 1.95 bits per heavy atom. The second-order valence-electron chi connectivity index (χ2n) is 4.63. The molecule has 0 spiro atoms. The van der Waals surface area contributed by atoms with E-state index in [0.717, 1.165) is 6.07 Å². The molecule has 19 heavy (non-hydrogen) atoms. The highest BCUT2D eigenvalue weighted by atomic mass is 19.1. The van der Waals surface area contributed by atoms with E-state index in [1.807, 2.05) is 4.90 Å². The van der Waals surface area contributed by atoms with E-state index in [9.17, 15) is 14.0 Å². The number of nitrogens with zero attached hydrogens (tertiary/aromatic N) is 1. The molecule has 6 heteroatoms. The first-order valence-electron chi connectivity index (χ1n) is 6.06. The summed E-state index contributed by atoms with van der Waals surface area (Å²) in [5, 5.41) is 9.09. The standard InChI is InChI=1S/C13H15FN2O3/c14-9-1-2-11(10(7-9)13(18)19)16-5-3-8(4-6-16)12(15)17/h1-2,7-8H,3-6H2,(H2,15,17)(H,18,19). The van der Waals surface area contributed by atoms with Gasteiger partial charge in [0.15, 0.2) is 0 Å². The van der Waals surface area contributed by atoms with Crippen LogP contribution in [0, 0.1) is 11.7 Å². The minimum atomic E-state index is -1.16. The summed E-state index contributed by atoms with van der Waals surface area (Å²) in [7, 11) is 0. The highest BCUT2D eigenvalue weighted by Crippen LogP contribution is 2.27. The van der Waals surface area contributed by atoms with Gasteiger partial charge in [0.05, 0.1) is 11.3 Å². The lowest BCUT2D eigenvalue weighted by molar-refractivity contribution is -0.122. The van der Waals surface area contributed by atoms with Gasteiger partial charge in [-0.1, -0.05) is 0 Å². The van der Waals surface area contributed by atoms with Crippen molar-refractivity contribution in [3.8, 4) is 0 Å². The number of carbonyl (C=O) groups is 2. The Morgan fingerprint density at radius 3 is 2.47 bits per heavy atom. The molecule has 1 heterocycles. The van der Waals surface area contributed by atoms with Gasteiger partial charge in [-0.05, 0) is 31.0 Å². The number of nitrogens with two attached hydrogens (primary N) is 1. The van der Waals surface area contributed by atoms with Crippen LogP contribution in [-0.4, -0.2) is 30.1 Å². The van der Waals surface area contributed by atoms with Crippen molar-refractivity contribution in [1.82, 2.24) is 0 Å². The fraction of sp³-hybridized carbons (Fsp3) is 0.385. The van der Waals surface area contributed by atoms with E-state index < -0.39 is 11.8 Å². The van der Waals surface area contributed by atoms with Gasteiger partial charge < -0.3 is 15.7 Å².